The van der Waals surface area contributed by atoms with Gasteiger partial charge in [0, 0.05) is 26.1 Å². The monoisotopic (exact) mass is 211 g/mol. The van der Waals surface area contributed by atoms with Crippen LogP contribution < -0.4 is 11.1 Å². The lowest BCUT2D eigenvalue weighted by molar-refractivity contribution is -0.140. The highest BCUT2D eigenvalue weighted by Crippen LogP contribution is 2.06. The van der Waals surface area contributed by atoms with Gasteiger partial charge in [0.05, 0.1) is 0 Å². The van der Waals surface area contributed by atoms with E-state index >= 15 is 0 Å². The number of nitrogens with zero attached hydrogens (tertiary/aromatic N) is 1. The molecule has 3 N–H and O–H groups in total. The van der Waals surface area contributed by atoms with E-state index in [1.54, 1.807) is 11.0 Å². The first-order chi connectivity index (χ1) is 7.16. The molecule has 15 heavy (non-hydrogen) atoms. The lowest BCUT2D eigenvalue weighted by Gasteiger charge is -2.34. The maximum Gasteiger partial charge on any atom is 0.241 e. The topological polar surface area (TPSA) is 75.4 Å². The van der Waals surface area contributed by atoms with Crippen molar-refractivity contribution in [1.29, 1.82) is 0 Å². The Kier molecular flexibility index (Phi) is 4.30. The Hall–Kier alpha value is -1.36. The quantitative estimate of drug-likeness (QED) is 0.600. The number of hydrogen-bond acceptors (Lipinski definition) is 3. The maximum absolute atomic E-state index is 11.7. The molecule has 2 amide bonds. The van der Waals surface area contributed by atoms with Gasteiger partial charge in [-0.1, -0.05) is 6.08 Å². The Morgan fingerprint density at radius 3 is 2.93 bits per heavy atom. The van der Waals surface area contributed by atoms with Crippen LogP contribution >= 0.6 is 0 Å². The number of allylic oxidation sites excluding steroid dienone is 1. The van der Waals surface area contributed by atoms with Crippen molar-refractivity contribution in [3.05, 3.63) is 12.7 Å². The number of amides is 2. The number of rotatable bonds is 4. The normalized spacial score (nSPS) is 21.1. The molecule has 5 nitrogen and oxygen atoms in total. The smallest absolute Gasteiger partial charge is 0.241 e. The van der Waals surface area contributed by atoms with E-state index in [1.807, 2.05) is 0 Å². The SMILES string of the molecule is C=CCCC(=O)N1CCNCC1C(N)=O. The minimum absolute atomic E-state index is 0.0276. The molecule has 5 heteroatoms. The second-order valence-electron chi connectivity index (χ2n) is 3.54. The van der Waals surface area contributed by atoms with Gasteiger partial charge >= 0.3 is 0 Å². The molecule has 1 heterocycles. The number of carbonyl (C=O) groups is 2. The van der Waals surface area contributed by atoms with Gasteiger partial charge in [0.1, 0.15) is 6.04 Å². The summed E-state index contributed by atoms with van der Waals surface area (Å²) in [4.78, 5) is 24.4. The summed E-state index contributed by atoms with van der Waals surface area (Å²) in [6, 6.07) is -0.504. The predicted octanol–water partition coefficient (Wildman–Crippen LogP) is -0.762. The molecule has 1 aliphatic rings. The molecule has 0 bridgehead atoms. The molecule has 0 aromatic rings. The van der Waals surface area contributed by atoms with Gasteiger partial charge in [-0.05, 0) is 6.42 Å². The van der Waals surface area contributed by atoms with Crippen molar-refractivity contribution in [3.8, 4) is 0 Å². The number of nitrogens with two attached hydrogens (primary N) is 1. The molecular weight excluding hydrogens is 194 g/mol. The zero-order valence-corrected chi connectivity index (χ0v) is 8.74. The molecule has 1 aliphatic heterocycles. The summed E-state index contributed by atoms with van der Waals surface area (Å²) in [6.45, 7) is 5.27. The summed E-state index contributed by atoms with van der Waals surface area (Å²) in [5.74, 6) is -0.477. The molecule has 0 aliphatic carbocycles. The van der Waals surface area contributed by atoms with Crippen molar-refractivity contribution >= 4 is 11.8 Å². The minimum Gasteiger partial charge on any atom is -0.368 e. The van der Waals surface area contributed by atoms with E-state index in [0.29, 0.717) is 32.5 Å². The molecule has 0 saturated carbocycles. The second kappa shape index (κ2) is 5.50. The number of piperazine rings is 1. The lowest BCUT2D eigenvalue weighted by Crippen LogP contribution is -2.58. The van der Waals surface area contributed by atoms with Gasteiger partial charge in [0.25, 0.3) is 0 Å². The van der Waals surface area contributed by atoms with Crippen LogP contribution in [-0.2, 0) is 9.59 Å². The Morgan fingerprint density at radius 1 is 1.60 bits per heavy atom. The molecule has 1 unspecified atom stereocenters. The van der Waals surface area contributed by atoms with Crippen molar-refractivity contribution in [2.45, 2.75) is 18.9 Å². The summed E-state index contributed by atoms with van der Waals surface area (Å²) in [7, 11) is 0. The van der Waals surface area contributed by atoms with E-state index < -0.39 is 11.9 Å². The van der Waals surface area contributed by atoms with Crippen LogP contribution in [0.2, 0.25) is 0 Å². The van der Waals surface area contributed by atoms with Crippen molar-refractivity contribution in [2.24, 2.45) is 5.73 Å². The lowest BCUT2D eigenvalue weighted by atomic mass is 10.1. The van der Waals surface area contributed by atoms with Crippen molar-refractivity contribution in [1.82, 2.24) is 10.2 Å². The van der Waals surface area contributed by atoms with Crippen molar-refractivity contribution < 1.29 is 9.59 Å². The molecule has 0 aromatic carbocycles. The van der Waals surface area contributed by atoms with Crippen LogP contribution in [0, 0.1) is 0 Å². The first-order valence-corrected chi connectivity index (χ1v) is 5.07. The fraction of sp³-hybridized carbons (Fsp3) is 0.600. The Bertz CT molecular complexity index is 265. The van der Waals surface area contributed by atoms with Crippen LogP contribution in [0.4, 0.5) is 0 Å². The van der Waals surface area contributed by atoms with Gasteiger partial charge in [-0.25, -0.2) is 0 Å². The molecule has 0 radical (unpaired) electrons. The van der Waals surface area contributed by atoms with E-state index in [-0.39, 0.29) is 5.91 Å². The van der Waals surface area contributed by atoms with Gasteiger partial charge in [0.15, 0.2) is 0 Å². The number of nitrogens with one attached hydrogen (secondary N) is 1. The molecule has 0 spiro atoms. The third kappa shape index (κ3) is 3.06. The number of carbonyl (C=O) groups excluding carboxylic acids is 2. The van der Waals surface area contributed by atoms with Gasteiger partial charge in [-0.2, -0.15) is 0 Å². The van der Waals surface area contributed by atoms with Crippen LogP contribution in [0.25, 0.3) is 0 Å². The van der Waals surface area contributed by atoms with Crippen LogP contribution in [0.3, 0.4) is 0 Å². The maximum atomic E-state index is 11.7. The second-order valence-corrected chi connectivity index (χ2v) is 3.54. The molecular formula is C10H17N3O2. The highest BCUT2D eigenvalue weighted by Gasteiger charge is 2.29. The molecule has 0 aromatic heterocycles. The van der Waals surface area contributed by atoms with Gasteiger partial charge in [-0.3, -0.25) is 9.59 Å². The summed E-state index contributed by atoms with van der Waals surface area (Å²) in [6.07, 6.45) is 2.72. The van der Waals surface area contributed by atoms with E-state index in [1.165, 1.54) is 0 Å². The average molecular weight is 211 g/mol. The highest BCUT2D eigenvalue weighted by atomic mass is 16.2. The summed E-state index contributed by atoms with van der Waals surface area (Å²) in [5.41, 5.74) is 5.23. The largest absolute Gasteiger partial charge is 0.368 e. The van der Waals surface area contributed by atoms with E-state index in [0.717, 1.165) is 0 Å². The molecule has 1 fully saturated rings. The third-order valence-electron chi connectivity index (χ3n) is 2.45. The standard InChI is InChI=1S/C10H17N3O2/c1-2-3-4-9(14)13-6-5-12-7-8(13)10(11)15/h2,8,12H,1,3-7H2,(H2,11,15). The molecule has 84 valence electrons. The van der Waals surface area contributed by atoms with Crippen molar-refractivity contribution in [2.75, 3.05) is 19.6 Å². The van der Waals surface area contributed by atoms with Crippen LogP contribution in [0.5, 0.6) is 0 Å². The summed E-state index contributed by atoms with van der Waals surface area (Å²) < 4.78 is 0. The Balaban J connectivity index is 2.58. The molecule has 1 atom stereocenters. The highest BCUT2D eigenvalue weighted by molar-refractivity contribution is 5.87. The predicted molar refractivity (Wildman–Crippen MR) is 57.0 cm³/mol. The van der Waals surface area contributed by atoms with E-state index in [9.17, 15) is 9.59 Å². The van der Waals surface area contributed by atoms with Gasteiger partial charge in [0.2, 0.25) is 11.8 Å². The van der Waals surface area contributed by atoms with Crippen LogP contribution in [0.15, 0.2) is 12.7 Å². The van der Waals surface area contributed by atoms with Crippen LogP contribution in [0.1, 0.15) is 12.8 Å². The average Bonchev–Trinajstić information content (AvgIpc) is 2.25. The van der Waals surface area contributed by atoms with Crippen LogP contribution in [-0.4, -0.2) is 42.4 Å². The summed E-state index contributed by atoms with van der Waals surface area (Å²) >= 11 is 0. The Morgan fingerprint density at radius 2 is 2.33 bits per heavy atom. The minimum atomic E-state index is -0.504. The van der Waals surface area contributed by atoms with E-state index in [2.05, 4.69) is 11.9 Å². The fourth-order valence-corrected chi connectivity index (χ4v) is 1.63. The molecule has 1 rings (SSSR count). The first-order valence-electron chi connectivity index (χ1n) is 5.07. The first kappa shape index (κ1) is 11.7. The number of primary amides is 1. The molecule has 1 saturated heterocycles. The Labute approximate surface area is 89.3 Å². The van der Waals surface area contributed by atoms with E-state index in [4.69, 9.17) is 5.73 Å². The fourth-order valence-electron chi connectivity index (χ4n) is 1.63. The van der Waals surface area contributed by atoms with Gasteiger partial charge < -0.3 is 16.0 Å². The summed E-state index contributed by atoms with van der Waals surface area (Å²) in [5, 5.41) is 3.04. The zero-order chi connectivity index (χ0) is 11.3. The van der Waals surface area contributed by atoms with Crippen molar-refractivity contribution in [3.63, 3.8) is 0 Å². The number of hydrogen-bond donors (Lipinski definition) is 2. The zero-order valence-electron chi connectivity index (χ0n) is 8.74. The van der Waals surface area contributed by atoms with Gasteiger partial charge in [-0.15, -0.1) is 6.58 Å². The third-order valence-corrected chi connectivity index (χ3v) is 2.45.